The molecule has 0 fully saturated rings. The molecule has 0 saturated carbocycles. The maximum absolute atomic E-state index is 11.9. The van der Waals surface area contributed by atoms with Gasteiger partial charge in [0.2, 0.25) is 0 Å². The van der Waals surface area contributed by atoms with Crippen molar-refractivity contribution in [2.24, 2.45) is 0 Å². The molecule has 0 heterocycles. The van der Waals surface area contributed by atoms with Crippen molar-refractivity contribution in [1.29, 1.82) is 0 Å². The van der Waals surface area contributed by atoms with E-state index < -0.39 is 0 Å². The molecule has 0 saturated heterocycles. The second-order valence-corrected chi connectivity index (χ2v) is 5.70. The Balaban J connectivity index is 2.24. The van der Waals surface area contributed by atoms with Crippen LogP contribution in [0.3, 0.4) is 0 Å². The molecule has 1 unspecified atom stereocenters. The first-order valence-corrected chi connectivity index (χ1v) is 7.56. The largest absolute Gasteiger partial charge is 0.497 e. The zero-order valence-corrected chi connectivity index (χ0v) is 12.9. The molecule has 1 aromatic rings. The molecule has 19 heavy (non-hydrogen) atoms. The van der Waals surface area contributed by atoms with Crippen molar-refractivity contribution in [3.63, 3.8) is 0 Å². The maximum Gasteiger partial charge on any atom is 0.320 e. The molecule has 1 aromatic carbocycles. The van der Waals surface area contributed by atoms with E-state index in [4.69, 9.17) is 9.47 Å². The summed E-state index contributed by atoms with van der Waals surface area (Å²) in [6.07, 6.45) is 3.14. The molecule has 104 valence electrons. The Morgan fingerprint density at radius 1 is 1.53 bits per heavy atom. The van der Waals surface area contributed by atoms with E-state index in [0.29, 0.717) is 6.61 Å². The predicted octanol–water partition coefficient (Wildman–Crippen LogP) is 3.44. The summed E-state index contributed by atoms with van der Waals surface area (Å²) < 4.78 is 10.4. The molecule has 0 amide bonds. The SMILES string of the molecule is CCOC(=O)C(Br)[C@H]1CCCc2cc(OC)ccc21. The lowest BCUT2D eigenvalue weighted by Crippen LogP contribution is -2.27. The first kappa shape index (κ1) is 14.4. The zero-order valence-electron chi connectivity index (χ0n) is 11.3. The molecular formula is C15H19BrO3. The van der Waals surface area contributed by atoms with Gasteiger partial charge in [0, 0.05) is 5.92 Å². The Bertz CT molecular complexity index is 459. The highest BCUT2D eigenvalue weighted by Crippen LogP contribution is 2.38. The van der Waals surface area contributed by atoms with Crippen molar-refractivity contribution in [1.82, 2.24) is 0 Å². The average Bonchev–Trinajstić information content (AvgIpc) is 2.45. The molecule has 0 aliphatic heterocycles. The summed E-state index contributed by atoms with van der Waals surface area (Å²) in [6.45, 7) is 2.25. The first-order chi connectivity index (χ1) is 9.17. The van der Waals surface area contributed by atoms with Crippen molar-refractivity contribution in [3.8, 4) is 5.75 Å². The monoisotopic (exact) mass is 326 g/mol. The fourth-order valence-corrected chi connectivity index (χ4v) is 3.33. The van der Waals surface area contributed by atoms with Crippen LogP contribution < -0.4 is 4.74 Å². The summed E-state index contributed by atoms with van der Waals surface area (Å²) >= 11 is 3.51. The van der Waals surface area contributed by atoms with Crippen LogP contribution >= 0.6 is 15.9 Å². The highest BCUT2D eigenvalue weighted by Gasteiger charge is 2.31. The van der Waals surface area contributed by atoms with Crippen LogP contribution in [0.25, 0.3) is 0 Å². The molecular weight excluding hydrogens is 308 g/mol. The van der Waals surface area contributed by atoms with Gasteiger partial charge in [-0.05, 0) is 49.4 Å². The van der Waals surface area contributed by atoms with Gasteiger partial charge in [0.15, 0.2) is 0 Å². The Kier molecular flexibility index (Phi) is 4.86. The number of carbonyl (C=O) groups is 1. The number of benzene rings is 1. The zero-order chi connectivity index (χ0) is 13.8. The number of hydrogen-bond acceptors (Lipinski definition) is 3. The third kappa shape index (κ3) is 3.11. The van der Waals surface area contributed by atoms with Crippen molar-refractivity contribution < 1.29 is 14.3 Å². The van der Waals surface area contributed by atoms with Crippen LogP contribution in [0, 0.1) is 0 Å². The number of carbonyl (C=O) groups excluding carboxylic acids is 1. The van der Waals surface area contributed by atoms with E-state index in [9.17, 15) is 4.79 Å². The van der Waals surface area contributed by atoms with Crippen molar-refractivity contribution >= 4 is 21.9 Å². The first-order valence-electron chi connectivity index (χ1n) is 6.65. The van der Waals surface area contributed by atoms with Gasteiger partial charge in [0.25, 0.3) is 0 Å². The Labute approximate surface area is 122 Å². The number of aryl methyl sites for hydroxylation is 1. The standard InChI is InChI=1S/C15H19BrO3/c1-3-19-15(17)14(16)13-6-4-5-10-9-11(18-2)7-8-12(10)13/h7-9,13-14H,3-6H2,1-2H3/t13-,14?/m0/s1. The maximum atomic E-state index is 11.9. The summed E-state index contributed by atoms with van der Waals surface area (Å²) in [5.41, 5.74) is 2.52. The van der Waals surface area contributed by atoms with Crippen LogP contribution in [0.5, 0.6) is 5.75 Å². The van der Waals surface area contributed by atoms with Gasteiger partial charge in [-0.15, -0.1) is 0 Å². The Morgan fingerprint density at radius 2 is 2.32 bits per heavy atom. The summed E-state index contributed by atoms with van der Waals surface area (Å²) in [5, 5.41) is 0. The number of ether oxygens (including phenoxy) is 2. The topological polar surface area (TPSA) is 35.5 Å². The summed E-state index contributed by atoms with van der Waals surface area (Å²) in [4.78, 5) is 11.6. The molecule has 0 aromatic heterocycles. The fourth-order valence-electron chi connectivity index (χ4n) is 2.65. The lowest BCUT2D eigenvalue weighted by Gasteiger charge is -2.28. The second kappa shape index (κ2) is 6.42. The van der Waals surface area contributed by atoms with Gasteiger partial charge in [-0.25, -0.2) is 0 Å². The van der Waals surface area contributed by atoms with Crippen LogP contribution in [0.1, 0.15) is 36.8 Å². The van der Waals surface area contributed by atoms with E-state index in [1.165, 1.54) is 11.1 Å². The quantitative estimate of drug-likeness (QED) is 0.628. The summed E-state index contributed by atoms with van der Waals surface area (Å²) in [5.74, 6) is 0.895. The lowest BCUT2D eigenvalue weighted by atomic mass is 9.81. The molecule has 2 rings (SSSR count). The molecule has 0 bridgehead atoms. The van der Waals surface area contributed by atoms with Gasteiger partial charge in [-0.1, -0.05) is 22.0 Å². The average molecular weight is 327 g/mol. The minimum atomic E-state index is -0.264. The van der Waals surface area contributed by atoms with Crippen LogP contribution in [0.15, 0.2) is 18.2 Å². The number of rotatable bonds is 4. The molecule has 2 atom stereocenters. The Hall–Kier alpha value is -1.03. The fraction of sp³-hybridized carbons (Fsp3) is 0.533. The number of fused-ring (bicyclic) bond motifs is 1. The van der Waals surface area contributed by atoms with E-state index in [1.54, 1.807) is 7.11 Å². The second-order valence-electron chi connectivity index (χ2n) is 4.72. The minimum Gasteiger partial charge on any atom is -0.497 e. The highest BCUT2D eigenvalue weighted by molar-refractivity contribution is 9.10. The smallest absolute Gasteiger partial charge is 0.320 e. The number of alkyl halides is 1. The highest BCUT2D eigenvalue weighted by atomic mass is 79.9. The number of halogens is 1. The van der Waals surface area contributed by atoms with Gasteiger partial charge in [-0.3, -0.25) is 4.79 Å². The predicted molar refractivity (Wildman–Crippen MR) is 78.0 cm³/mol. The molecule has 0 spiro atoms. The van der Waals surface area contributed by atoms with Crippen LogP contribution in [0.4, 0.5) is 0 Å². The van der Waals surface area contributed by atoms with E-state index in [0.717, 1.165) is 25.0 Å². The lowest BCUT2D eigenvalue weighted by molar-refractivity contribution is -0.142. The van der Waals surface area contributed by atoms with Crippen molar-refractivity contribution in [3.05, 3.63) is 29.3 Å². The summed E-state index contributed by atoms with van der Waals surface area (Å²) in [7, 11) is 1.67. The molecule has 1 aliphatic carbocycles. The molecule has 1 aliphatic rings. The van der Waals surface area contributed by atoms with Gasteiger partial charge in [0.05, 0.1) is 13.7 Å². The Morgan fingerprint density at radius 3 is 3.00 bits per heavy atom. The number of methoxy groups -OCH3 is 1. The number of esters is 1. The van der Waals surface area contributed by atoms with Crippen molar-refractivity contribution in [2.45, 2.75) is 36.9 Å². The molecule has 3 nitrogen and oxygen atoms in total. The normalized spacial score (nSPS) is 19.4. The van der Waals surface area contributed by atoms with Crippen LogP contribution in [-0.2, 0) is 16.0 Å². The van der Waals surface area contributed by atoms with Gasteiger partial charge in [0.1, 0.15) is 10.6 Å². The third-order valence-electron chi connectivity index (χ3n) is 3.58. The third-order valence-corrected chi connectivity index (χ3v) is 4.59. The summed E-state index contributed by atoms with van der Waals surface area (Å²) in [6, 6.07) is 6.11. The minimum absolute atomic E-state index is 0.170. The van der Waals surface area contributed by atoms with Crippen molar-refractivity contribution in [2.75, 3.05) is 13.7 Å². The molecule has 0 radical (unpaired) electrons. The van der Waals surface area contributed by atoms with Gasteiger partial charge in [-0.2, -0.15) is 0 Å². The van der Waals surface area contributed by atoms with E-state index in [1.807, 2.05) is 13.0 Å². The molecule has 4 heteroatoms. The van der Waals surface area contributed by atoms with E-state index >= 15 is 0 Å². The number of hydrogen-bond donors (Lipinski definition) is 0. The van der Waals surface area contributed by atoms with Gasteiger partial charge >= 0.3 is 5.97 Å². The van der Waals surface area contributed by atoms with Gasteiger partial charge < -0.3 is 9.47 Å². The van der Waals surface area contributed by atoms with Crippen LogP contribution in [-0.4, -0.2) is 24.5 Å². The van der Waals surface area contributed by atoms with E-state index in [-0.39, 0.29) is 16.7 Å². The van der Waals surface area contributed by atoms with E-state index in [2.05, 4.69) is 28.1 Å². The van der Waals surface area contributed by atoms with Crippen LogP contribution in [0.2, 0.25) is 0 Å². The molecule has 0 N–H and O–H groups in total.